The number of thioether (sulfide) groups is 1. The van der Waals surface area contributed by atoms with Gasteiger partial charge in [0.25, 0.3) is 0 Å². The second-order valence-corrected chi connectivity index (χ2v) is 5.76. The molecule has 0 spiro atoms. The lowest BCUT2D eigenvalue weighted by Crippen LogP contribution is -2.41. The molecule has 3 nitrogen and oxygen atoms in total. The molecule has 1 amide bonds. The minimum absolute atomic E-state index is 0.0772. The molecular weight excluding hydrogens is 303 g/mol. The van der Waals surface area contributed by atoms with E-state index >= 15 is 0 Å². The third kappa shape index (κ3) is 5.59. The van der Waals surface area contributed by atoms with Gasteiger partial charge in [-0.15, -0.1) is 0 Å². The van der Waals surface area contributed by atoms with Crippen LogP contribution in [0, 0.1) is 0 Å². The molecule has 0 bridgehead atoms. The highest BCUT2D eigenvalue weighted by molar-refractivity contribution is 7.99. The van der Waals surface area contributed by atoms with Gasteiger partial charge in [0.15, 0.2) is 0 Å². The lowest BCUT2D eigenvalue weighted by Gasteiger charge is -2.21. The molecule has 21 heavy (non-hydrogen) atoms. The van der Waals surface area contributed by atoms with Gasteiger partial charge < -0.3 is 10.4 Å². The van der Waals surface area contributed by atoms with Crippen molar-refractivity contribution in [3.05, 3.63) is 35.4 Å². The summed E-state index contributed by atoms with van der Waals surface area (Å²) in [6.07, 6.45) is -2.72. The number of aliphatic hydroxyl groups excluding tert-OH is 1. The average Bonchev–Trinajstić information content (AvgIpc) is 2.39. The summed E-state index contributed by atoms with van der Waals surface area (Å²) in [4.78, 5) is 11.8. The van der Waals surface area contributed by atoms with E-state index in [0.717, 1.165) is 12.1 Å². The van der Waals surface area contributed by atoms with Crippen LogP contribution < -0.4 is 5.32 Å². The molecule has 0 aliphatic carbocycles. The minimum Gasteiger partial charge on any atom is -0.395 e. The molecule has 0 fully saturated rings. The highest BCUT2D eigenvalue weighted by Gasteiger charge is 2.30. The molecular formula is C14H18F3NO2S. The summed E-state index contributed by atoms with van der Waals surface area (Å²) in [5.41, 5.74) is -0.461. The van der Waals surface area contributed by atoms with Gasteiger partial charge in [-0.25, -0.2) is 0 Å². The highest BCUT2D eigenvalue weighted by atomic mass is 32.2. The van der Waals surface area contributed by atoms with Crippen molar-refractivity contribution in [1.29, 1.82) is 0 Å². The molecule has 2 atom stereocenters. The van der Waals surface area contributed by atoms with Crippen molar-refractivity contribution >= 4 is 17.7 Å². The van der Waals surface area contributed by atoms with Gasteiger partial charge in [-0.1, -0.05) is 18.2 Å². The zero-order valence-corrected chi connectivity index (χ0v) is 12.6. The van der Waals surface area contributed by atoms with E-state index in [4.69, 9.17) is 5.11 Å². The normalized spacial score (nSPS) is 14.6. The predicted molar refractivity (Wildman–Crippen MR) is 77.1 cm³/mol. The summed E-state index contributed by atoms with van der Waals surface area (Å²) in [6, 6.07) is 4.45. The average molecular weight is 321 g/mol. The molecule has 1 aromatic rings. The van der Waals surface area contributed by atoms with Crippen LogP contribution >= 0.6 is 11.8 Å². The van der Waals surface area contributed by atoms with Crippen LogP contribution in [0.25, 0.3) is 0 Å². The molecule has 1 rings (SSSR count). The largest absolute Gasteiger partial charge is 0.416 e. The molecule has 0 saturated carbocycles. The van der Waals surface area contributed by atoms with Crippen LogP contribution in [0.1, 0.15) is 18.1 Å². The lowest BCUT2D eigenvalue weighted by atomic mass is 10.1. The maximum absolute atomic E-state index is 12.6. The first-order chi connectivity index (χ1) is 9.77. The van der Waals surface area contributed by atoms with Gasteiger partial charge in [0.1, 0.15) is 0 Å². The molecule has 0 radical (unpaired) electrons. The molecule has 7 heteroatoms. The summed E-state index contributed by atoms with van der Waals surface area (Å²) in [7, 11) is 0. The van der Waals surface area contributed by atoms with Gasteiger partial charge in [-0.2, -0.15) is 24.9 Å². The van der Waals surface area contributed by atoms with Crippen LogP contribution in [0.5, 0.6) is 0 Å². The van der Waals surface area contributed by atoms with Gasteiger partial charge >= 0.3 is 6.18 Å². The Kier molecular flexibility index (Phi) is 6.54. The van der Waals surface area contributed by atoms with Crippen LogP contribution in [0.15, 0.2) is 24.3 Å². The van der Waals surface area contributed by atoms with E-state index in [-0.39, 0.29) is 30.2 Å². The van der Waals surface area contributed by atoms with E-state index < -0.39 is 11.7 Å². The topological polar surface area (TPSA) is 49.3 Å². The van der Waals surface area contributed by atoms with Crippen molar-refractivity contribution in [2.24, 2.45) is 0 Å². The fourth-order valence-corrected chi connectivity index (χ4v) is 2.50. The van der Waals surface area contributed by atoms with E-state index in [1.807, 2.05) is 6.26 Å². The Morgan fingerprint density at radius 1 is 1.43 bits per heavy atom. The maximum atomic E-state index is 12.6. The summed E-state index contributed by atoms with van der Waals surface area (Å²) >= 11 is 1.42. The first-order valence-corrected chi connectivity index (χ1v) is 7.66. The Bertz CT molecular complexity index is 476. The quantitative estimate of drug-likeness (QED) is 0.846. The van der Waals surface area contributed by atoms with Crippen LogP contribution in [-0.4, -0.2) is 35.2 Å². The molecule has 0 aliphatic rings. The van der Waals surface area contributed by atoms with Gasteiger partial charge in [0.2, 0.25) is 5.91 Å². The zero-order valence-electron chi connectivity index (χ0n) is 11.8. The standard InChI is InChI=1S/C14H18F3NO2S/c1-9(12(8-19)21-2)18-13(20)7-10-4-3-5-11(6-10)14(15,16)17/h3-6,9,12,19H,7-8H2,1-2H3,(H,18,20). The van der Waals surface area contributed by atoms with E-state index in [9.17, 15) is 18.0 Å². The number of hydrogen-bond donors (Lipinski definition) is 2. The molecule has 0 heterocycles. The summed E-state index contributed by atoms with van der Waals surface area (Å²) in [5.74, 6) is -0.366. The predicted octanol–water partition coefficient (Wildman–Crippen LogP) is 2.48. The molecule has 0 aromatic heterocycles. The molecule has 2 N–H and O–H groups in total. The number of amides is 1. The van der Waals surface area contributed by atoms with E-state index in [2.05, 4.69) is 5.32 Å². The Balaban J connectivity index is 2.67. The van der Waals surface area contributed by atoms with Crippen molar-refractivity contribution < 1.29 is 23.1 Å². The molecule has 0 aliphatic heterocycles. The smallest absolute Gasteiger partial charge is 0.395 e. The monoisotopic (exact) mass is 321 g/mol. The number of rotatable bonds is 6. The van der Waals surface area contributed by atoms with Gasteiger partial charge in [-0.3, -0.25) is 4.79 Å². The van der Waals surface area contributed by atoms with Crippen molar-refractivity contribution in [2.45, 2.75) is 30.8 Å². The third-order valence-corrected chi connectivity index (χ3v) is 4.21. The number of carbonyl (C=O) groups is 1. The minimum atomic E-state index is -4.42. The van der Waals surface area contributed by atoms with Crippen molar-refractivity contribution in [1.82, 2.24) is 5.32 Å². The second kappa shape index (κ2) is 7.70. The number of carbonyl (C=O) groups excluding carboxylic acids is 1. The number of aliphatic hydroxyl groups is 1. The van der Waals surface area contributed by atoms with E-state index in [0.29, 0.717) is 5.56 Å². The Morgan fingerprint density at radius 3 is 2.62 bits per heavy atom. The first-order valence-electron chi connectivity index (χ1n) is 6.37. The number of benzene rings is 1. The number of halogens is 3. The van der Waals surface area contributed by atoms with Crippen LogP contribution in [0.2, 0.25) is 0 Å². The van der Waals surface area contributed by atoms with E-state index in [1.165, 1.54) is 23.9 Å². The van der Waals surface area contributed by atoms with Crippen molar-refractivity contribution in [3.63, 3.8) is 0 Å². The first kappa shape index (κ1) is 17.8. The SMILES string of the molecule is CSC(CO)C(C)NC(=O)Cc1cccc(C(F)(F)F)c1. The van der Waals surface area contributed by atoms with Gasteiger partial charge in [-0.05, 0) is 24.8 Å². The van der Waals surface area contributed by atoms with Crippen LogP contribution in [0.4, 0.5) is 13.2 Å². The Morgan fingerprint density at radius 2 is 2.10 bits per heavy atom. The van der Waals surface area contributed by atoms with Crippen molar-refractivity contribution in [3.8, 4) is 0 Å². The number of hydrogen-bond acceptors (Lipinski definition) is 3. The summed E-state index contributed by atoms with van der Waals surface area (Å²) < 4.78 is 37.7. The Hall–Kier alpha value is -1.21. The van der Waals surface area contributed by atoms with Crippen molar-refractivity contribution in [2.75, 3.05) is 12.9 Å². The fourth-order valence-electron chi connectivity index (χ4n) is 1.88. The van der Waals surface area contributed by atoms with Crippen LogP contribution in [-0.2, 0) is 17.4 Å². The molecule has 2 unspecified atom stereocenters. The summed E-state index contributed by atoms with van der Waals surface area (Å²) in [5, 5.41) is 11.7. The lowest BCUT2D eigenvalue weighted by molar-refractivity contribution is -0.137. The number of alkyl halides is 3. The zero-order chi connectivity index (χ0) is 16.0. The molecule has 118 valence electrons. The van der Waals surface area contributed by atoms with E-state index in [1.54, 1.807) is 6.92 Å². The van der Waals surface area contributed by atoms with Gasteiger partial charge in [0, 0.05) is 11.3 Å². The van der Waals surface area contributed by atoms with Crippen LogP contribution in [0.3, 0.4) is 0 Å². The molecule has 1 aromatic carbocycles. The second-order valence-electron chi connectivity index (χ2n) is 4.69. The van der Waals surface area contributed by atoms with Gasteiger partial charge in [0.05, 0.1) is 18.6 Å². The molecule has 0 saturated heterocycles. The fraction of sp³-hybridized carbons (Fsp3) is 0.500. The summed E-state index contributed by atoms with van der Waals surface area (Å²) in [6.45, 7) is 1.67. The Labute approximate surface area is 125 Å². The maximum Gasteiger partial charge on any atom is 0.416 e. The third-order valence-electron chi connectivity index (χ3n) is 3.05. The highest BCUT2D eigenvalue weighted by Crippen LogP contribution is 2.29. The number of nitrogens with one attached hydrogen (secondary N) is 1.